The highest BCUT2D eigenvalue weighted by Gasteiger charge is 2.28. The van der Waals surface area contributed by atoms with Gasteiger partial charge in [-0.05, 0) is 42.5 Å². The van der Waals surface area contributed by atoms with E-state index < -0.39 is 31.0 Å². The number of pyridine rings is 1. The summed E-state index contributed by atoms with van der Waals surface area (Å²) in [4.78, 5) is 15.2. The van der Waals surface area contributed by atoms with Gasteiger partial charge in [0, 0.05) is 18.7 Å². The molecular formula is C22H26F4N2O3. The number of rotatable bonds is 7. The fourth-order valence-electron chi connectivity index (χ4n) is 3.49. The van der Waals surface area contributed by atoms with Crippen LogP contribution in [0.2, 0.25) is 0 Å². The van der Waals surface area contributed by atoms with Crippen molar-refractivity contribution in [2.24, 2.45) is 0 Å². The number of alkyl halides is 3. The Labute approximate surface area is 178 Å². The van der Waals surface area contributed by atoms with Crippen molar-refractivity contribution >= 4 is 11.7 Å². The van der Waals surface area contributed by atoms with Gasteiger partial charge in [0.05, 0.1) is 30.5 Å². The molecule has 0 bridgehead atoms. The van der Waals surface area contributed by atoms with Crippen molar-refractivity contribution in [3.05, 3.63) is 53.1 Å². The number of halogens is 4. The minimum Gasteiger partial charge on any atom is -0.490 e. The van der Waals surface area contributed by atoms with Gasteiger partial charge in [0.1, 0.15) is 0 Å². The fourth-order valence-corrected chi connectivity index (χ4v) is 3.49. The van der Waals surface area contributed by atoms with Crippen LogP contribution in [0.25, 0.3) is 0 Å². The van der Waals surface area contributed by atoms with Crippen molar-refractivity contribution in [2.45, 2.75) is 51.6 Å². The molecule has 5 nitrogen and oxygen atoms in total. The zero-order chi connectivity index (χ0) is 23.0. The number of aromatic nitrogens is 1. The number of hydrogen-bond donors (Lipinski definition) is 2. The Morgan fingerprint density at radius 2 is 2.03 bits per heavy atom. The zero-order valence-corrected chi connectivity index (χ0v) is 17.4. The average Bonchev–Trinajstić information content (AvgIpc) is 2.74. The molecule has 0 spiro atoms. The number of carboxylic acids is 1. The van der Waals surface area contributed by atoms with Crippen LogP contribution in [-0.4, -0.2) is 35.4 Å². The Kier molecular flexibility index (Phi) is 8.65. The highest BCUT2D eigenvalue weighted by atomic mass is 19.4. The van der Waals surface area contributed by atoms with Crippen molar-refractivity contribution in [1.82, 2.24) is 4.98 Å². The lowest BCUT2D eigenvalue weighted by molar-refractivity contribution is -0.139. The molecular weight excluding hydrogens is 416 g/mol. The molecule has 9 heteroatoms. The standard InChI is InChI=1S/C20H20F4N2O3.C2H6/c21-18-14-3-1-2-12(10-26-16-11-25-8-6-15(16)19(27)28)13(14)4-5-17(18)29-9-7-20(22,23)24;1-2/h4-6,8,11-12,26H,1-3,7,9-10H2,(H,27,28);1-2H3. The lowest BCUT2D eigenvalue weighted by Gasteiger charge is -2.27. The largest absolute Gasteiger partial charge is 0.490 e. The SMILES string of the molecule is CC.O=C(O)c1ccncc1NCC1CCCc2c1ccc(OCCC(F)(F)F)c2F. The van der Waals surface area contributed by atoms with Crippen LogP contribution in [-0.2, 0) is 6.42 Å². The van der Waals surface area contributed by atoms with E-state index in [-0.39, 0.29) is 17.2 Å². The van der Waals surface area contributed by atoms with E-state index in [4.69, 9.17) is 4.74 Å². The van der Waals surface area contributed by atoms with E-state index in [1.165, 1.54) is 24.5 Å². The predicted octanol–water partition coefficient (Wildman–Crippen LogP) is 5.81. The van der Waals surface area contributed by atoms with Crippen LogP contribution >= 0.6 is 0 Å². The summed E-state index contributed by atoms with van der Waals surface area (Å²) in [5.74, 6) is -1.95. The maximum atomic E-state index is 14.8. The van der Waals surface area contributed by atoms with Crippen molar-refractivity contribution < 1.29 is 32.2 Å². The van der Waals surface area contributed by atoms with Gasteiger partial charge in [-0.15, -0.1) is 0 Å². The van der Waals surface area contributed by atoms with E-state index >= 15 is 0 Å². The first-order chi connectivity index (χ1) is 14.8. The molecule has 170 valence electrons. The Hall–Kier alpha value is -2.84. The topological polar surface area (TPSA) is 71.5 Å². The van der Waals surface area contributed by atoms with Crippen molar-refractivity contribution in [2.75, 3.05) is 18.5 Å². The molecule has 0 saturated heterocycles. The van der Waals surface area contributed by atoms with Gasteiger partial charge in [-0.3, -0.25) is 4.98 Å². The molecule has 3 rings (SSSR count). The summed E-state index contributed by atoms with van der Waals surface area (Å²) in [5.41, 5.74) is 1.66. The lowest BCUT2D eigenvalue weighted by atomic mass is 9.82. The molecule has 0 amide bonds. The van der Waals surface area contributed by atoms with Crippen LogP contribution in [0.1, 0.15) is 60.5 Å². The molecule has 1 aliphatic carbocycles. The number of carboxylic acid groups (broad SMARTS) is 1. The van der Waals surface area contributed by atoms with E-state index in [2.05, 4.69) is 10.3 Å². The van der Waals surface area contributed by atoms with Crippen LogP contribution in [0.15, 0.2) is 30.6 Å². The van der Waals surface area contributed by atoms with Crippen LogP contribution < -0.4 is 10.1 Å². The number of carbonyl (C=O) groups is 1. The summed E-state index contributed by atoms with van der Waals surface area (Å²) in [6.45, 7) is 3.75. The smallest absolute Gasteiger partial charge is 0.392 e. The second kappa shape index (κ2) is 11.0. The quantitative estimate of drug-likeness (QED) is 0.530. The predicted molar refractivity (Wildman–Crippen MR) is 109 cm³/mol. The summed E-state index contributed by atoms with van der Waals surface area (Å²) >= 11 is 0. The third kappa shape index (κ3) is 6.57. The third-order valence-corrected chi connectivity index (χ3v) is 4.90. The van der Waals surface area contributed by atoms with Crippen molar-refractivity contribution in [3.8, 4) is 5.75 Å². The number of ether oxygens (including phenoxy) is 1. The maximum absolute atomic E-state index is 14.8. The monoisotopic (exact) mass is 442 g/mol. The van der Waals surface area contributed by atoms with E-state index in [1.807, 2.05) is 13.8 Å². The van der Waals surface area contributed by atoms with E-state index in [1.54, 1.807) is 6.07 Å². The van der Waals surface area contributed by atoms with E-state index in [0.717, 1.165) is 12.0 Å². The van der Waals surface area contributed by atoms with Gasteiger partial charge in [-0.2, -0.15) is 13.2 Å². The molecule has 1 aliphatic rings. The Morgan fingerprint density at radius 1 is 1.29 bits per heavy atom. The maximum Gasteiger partial charge on any atom is 0.392 e. The molecule has 1 unspecified atom stereocenters. The number of nitrogens with one attached hydrogen (secondary N) is 1. The van der Waals surface area contributed by atoms with Crippen molar-refractivity contribution in [1.29, 1.82) is 0 Å². The number of anilines is 1. The van der Waals surface area contributed by atoms with Gasteiger partial charge in [0.15, 0.2) is 11.6 Å². The highest BCUT2D eigenvalue weighted by molar-refractivity contribution is 5.93. The summed E-state index contributed by atoms with van der Waals surface area (Å²) in [6.07, 6.45) is -0.736. The number of benzene rings is 1. The van der Waals surface area contributed by atoms with Gasteiger partial charge in [-0.25, -0.2) is 9.18 Å². The number of fused-ring (bicyclic) bond motifs is 1. The lowest BCUT2D eigenvalue weighted by Crippen LogP contribution is -2.20. The van der Waals surface area contributed by atoms with Gasteiger partial charge in [0.2, 0.25) is 0 Å². The summed E-state index contributed by atoms with van der Waals surface area (Å²) in [7, 11) is 0. The molecule has 0 radical (unpaired) electrons. The second-order valence-corrected chi connectivity index (χ2v) is 6.86. The van der Waals surface area contributed by atoms with Crippen LogP contribution in [0.3, 0.4) is 0 Å². The minimum atomic E-state index is -4.36. The van der Waals surface area contributed by atoms with E-state index in [0.29, 0.717) is 30.6 Å². The Morgan fingerprint density at radius 3 is 2.71 bits per heavy atom. The molecule has 0 fully saturated rings. The average molecular weight is 442 g/mol. The first-order valence-electron chi connectivity index (χ1n) is 10.2. The molecule has 2 N–H and O–H groups in total. The number of aromatic carboxylic acids is 1. The van der Waals surface area contributed by atoms with Crippen LogP contribution in [0.4, 0.5) is 23.2 Å². The van der Waals surface area contributed by atoms with Crippen LogP contribution in [0.5, 0.6) is 5.75 Å². The normalized spacial score (nSPS) is 15.4. The minimum absolute atomic E-state index is 0.0701. The van der Waals surface area contributed by atoms with E-state index in [9.17, 15) is 27.5 Å². The van der Waals surface area contributed by atoms with Crippen molar-refractivity contribution in [3.63, 3.8) is 0 Å². The van der Waals surface area contributed by atoms with Gasteiger partial charge < -0.3 is 15.2 Å². The molecule has 1 aromatic heterocycles. The fraction of sp³-hybridized carbons (Fsp3) is 0.455. The molecule has 0 aliphatic heterocycles. The van der Waals surface area contributed by atoms with Gasteiger partial charge >= 0.3 is 12.1 Å². The van der Waals surface area contributed by atoms with Crippen LogP contribution in [0, 0.1) is 5.82 Å². The Bertz CT molecular complexity index is 888. The molecule has 31 heavy (non-hydrogen) atoms. The van der Waals surface area contributed by atoms with Gasteiger partial charge in [-0.1, -0.05) is 19.9 Å². The first kappa shape index (κ1) is 24.4. The van der Waals surface area contributed by atoms with Gasteiger partial charge in [0.25, 0.3) is 0 Å². The summed E-state index contributed by atoms with van der Waals surface area (Å²) in [5, 5.41) is 12.3. The molecule has 1 atom stereocenters. The summed E-state index contributed by atoms with van der Waals surface area (Å²) in [6, 6.07) is 4.42. The zero-order valence-electron chi connectivity index (χ0n) is 17.4. The molecule has 2 aromatic rings. The first-order valence-corrected chi connectivity index (χ1v) is 10.2. The summed E-state index contributed by atoms with van der Waals surface area (Å²) < 4.78 is 56.6. The third-order valence-electron chi connectivity index (χ3n) is 4.90. The molecule has 1 heterocycles. The molecule has 1 aromatic carbocycles. The number of nitrogens with zero attached hydrogens (tertiary/aromatic N) is 1. The number of hydrogen-bond acceptors (Lipinski definition) is 4. The highest BCUT2D eigenvalue weighted by Crippen LogP contribution is 2.37. The second-order valence-electron chi connectivity index (χ2n) is 6.86. The molecule has 0 saturated carbocycles. The Balaban J connectivity index is 0.00000166.